The summed E-state index contributed by atoms with van der Waals surface area (Å²) < 4.78 is 13.5. The molecule has 1 aliphatic heterocycles. The summed E-state index contributed by atoms with van der Waals surface area (Å²) in [6.07, 6.45) is 0. The van der Waals surface area contributed by atoms with Crippen molar-refractivity contribution in [1.29, 1.82) is 0 Å². The van der Waals surface area contributed by atoms with Crippen molar-refractivity contribution in [2.45, 2.75) is 16.3 Å². The summed E-state index contributed by atoms with van der Waals surface area (Å²) in [6, 6.07) is 27.2. The molecule has 0 spiro atoms. The Labute approximate surface area is 195 Å². The van der Waals surface area contributed by atoms with E-state index in [4.69, 9.17) is 10.7 Å². The normalized spacial score (nSPS) is 12.2. The Morgan fingerprint density at radius 3 is 2.45 bits per heavy atom. The number of rotatable bonds is 4. The first-order chi connectivity index (χ1) is 16.1. The summed E-state index contributed by atoms with van der Waals surface area (Å²) in [5.41, 5.74) is 11.1. The Morgan fingerprint density at radius 2 is 1.67 bits per heavy atom. The number of nitrogens with one attached hydrogen (secondary N) is 1. The minimum atomic E-state index is -0.295. The molecule has 33 heavy (non-hydrogen) atoms. The van der Waals surface area contributed by atoms with E-state index >= 15 is 0 Å². The van der Waals surface area contributed by atoms with Crippen molar-refractivity contribution >= 4 is 34.8 Å². The van der Waals surface area contributed by atoms with Gasteiger partial charge in [0, 0.05) is 38.7 Å². The molecule has 0 atom stereocenters. The Hall–Kier alpha value is -3.90. The van der Waals surface area contributed by atoms with Crippen LogP contribution in [-0.4, -0.2) is 11.6 Å². The van der Waals surface area contributed by atoms with E-state index in [1.54, 1.807) is 30.0 Å². The van der Waals surface area contributed by atoms with Gasteiger partial charge in [-0.1, -0.05) is 42.1 Å². The highest BCUT2D eigenvalue weighted by molar-refractivity contribution is 7.99. The average molecular weight is 454 g/mol. The number of nitrogens with zero attached hydrogens (tertiary/aromatic N) is 1. The molecule has 1 aliphatic rings. The van der Waals surface area contributed by atoms with E-state index < -0.39 is 0 Å². The summed E-state index contributed by atoms with van der Waals surface area (Å²) in [5.74, 6) is -0.476. The van der Waals surface area contributed by atoms with Crippen molar-refractivity contribution < 1.29 is 9.18 Å². The minimum absolute atomic E-state index is 0.181. The number of hydrogen-bond acceptors (Lipinski definition) is 4. The van der Waals surface area contributed by atoms with Gasteiger partial charge < -0.3 is 11.1 Å². The van der Waals surface area contributed by atoms with Crippen molar-refractivity contribution in [3.63, 3.8) is 0 Å². The van der Waals surface area contributed by atoms with Gasteiger partial charge in [0.05, 0.1) is 11.4 Å². The number of amides is 1. The number of carbonyl (C=O) groups excluding carboxylic acids is 1. The maximum atomic E-state index is 13.5. The second-order valence-corrected chi connectivity index (χ2v) is 8.76. The second-order valence-electron chi connectivity index (χ2n) is 7.67. The van der Waals surface area contributed by atoms with Crippen molar-refractivity contribution in [3.05, 3.63) is 119 Å². The zero-order chi connectivity index (χ0) is 22.8. The first-order valence-electron chi connectivity index (χ1n) is 10.5. The summed E-state index contributed by atoms with van der Waals surface area (Å²) in [5, 5.41) is 2.95. The van der Waals surface area contributed by atoms with Gasteiger partial charge in [-0.2, -0.15) is 0 Å². The van der Waals surface area contributed by atoms with Crippen LogP contribution in [0.3, 0.4) is 0 Å². The van der Waals surface area contributed by atoms with Gasteiger partial charge in [-0.25, -0.2) is 9.38 Å². The Kier molecular flexibility index (Phi) is 5.67. The second kappa shape index (κ2) is 8.92. The van der Waals surface area contributed by atoms with Crippen LogP contribution in [0.4, 0.5) is 15.8 Å². The number of nitrogens with two attached hydrogens (primary N) is 1. The monoisotopic (exact) mass is 453 g/mol. The molecule has 162 valence electrons. The van der Waals surface area contributed by atoms with Crippen LogP contribution in [0.5, 0.6) is 0 Å². The van der Waals surface area contributed by atoms with E-state index in [1.807, 2.05) is 60.7 Å². The molecule has 1 heterocycles. The fraction of sp³-hybridized carbons (Fsp3) is 0.0370. The lowest BCUT2D eigenvalue weighted by Gasteiger charge is -2.09. The highest BCUT2D eigenvalue weighted by Gasteiger charge is 2.20. The first-order valence-corrected chi connectivity index (χ1v) is 11.3. The van der Waals surface area contributed by atoms with Crippen LogP contribution in [0.1, 0.15) is 27.0 Å². The van der Waals surface area contributed by atoms with Gasteiger partial charge >= 0.3 is 0 Å². The van der Waals surface area contributed by atoms with Crippen LogP contribution >= 0.6 is 11.8 Å². The molecular weight excluding hydrogens is 433 g/mol. The predicted molar refractivity (Wildman–Crippen MR) is 131 cm³/mol. The smallest absolute Gasteiger partial charge is 0.251 e. The molecule has 1 amide bonds. The molecule has 0 radical (unpaired) electrons. The number of anilines is 1. The van der Waals surface area contributed by atoms with Crippen LogP contribution in [0, 0.1) is 5.82 Å². The Balaban J connectivity index is 1.49. The highest BCUT2D eigenvalue weighted by Crippen LogP contribution is 2.41. The fourth-order valence-electron chi connectivity index (χ4n) is 3.63. The molecule has 3 N–H and O–H groups in total. The first kappa shape index (κ1) is 21.0. The summed E-state index contributed by atoms with van der Waals surface area (Å²) in [4.78, 5) is 19.8. The quantitative estimate of drug-likeness (QED) is 0.329. The Bertz CT molecular complexity index is 1370. The van der Waals surface area contributed by atoms with Gasteiger partial charge in [0.25, 0.3) is 5.91 Å². The number of hydrogen-bond donors (Lipinski definition) is 2. The lowest BCUT2D eigenvalue weighted by molar-refractivity contribution is 0.0951. The van der Waals surface area contributed by atoms with Crippen LogP contribution in [-0.2, 0) is 6.54 Å². The molecule has 0 aromatic heterocycles. The molecule has 0 saturated heterocycles. The fourth-order valence-corrected chi connectivity index (χ4v) is 4.63. The summed E-state index contributed by atoms with van der Waals surface area (Å²) in [7, 11) is 0. The topological polar surface area (TPSA) is 67.5 Å². The lowest BCUT2D eigenvalue weighted by Crippen LogP contribution is -2.22. The van der Waals surface area contributed by atoms with Gasteiger partial charge in [-0.3, -0.25) is 4.79 Å². The predicted octanol–water partition coefficient (Wildman–Crippen LogP) is 5.97. The third-order valence-electron chi connectivity index (χ3n) is 5.37. The molecule has 4 aromatic carbocycles. The van der Waals surface area contributed by atoms with E-state index in [0.29, 0.717) is 23.5 Å². The van der Waals surface area contributed by atoms with Crippen LogP contribution < -0.4 is 11.1 Å². The van der Waals surface area contributed by atoms with Gasteiger partial charge in [0.2, 0.25) is 0 Å². The molecule has 0 aliphatic carbocycles. The standard InChI is InChI=1S/C27H20FN3OS/c28-20-10-7-18(8-11-20)26-22-3-1-2-4-24(22)33-25-14-9-19(15-23(25)31-26)27(32)30-16-17-5-12-21(29)13-6-17/h1-15H,16,29H2,(H,30,32). The van der Waals surface area contributed by atoms with E-state index in [2.05, 4.69) is 5.32 Å². The molecule has 6 heteroatoms. The third-order valence-corrected chi connectivity index (χ3v) is 6.51. The van der Waals surface area contributed by atoms with E-state index in [9.17, 15) is 9.18 Å². The molecule has 5 rings (SSSR count). The molecule has 4 nitrogen and oxygen atoms in total. The number of aliphatic imine (C=N–C) groups is 1. The van der Waals surface area contributed by atoms with Crippen LogP contribution in [0.2, 0.25) is 0 Å². The van der Waals surface area contributed by atoms with Crippen LogP contribution in [0.25, 0.3) is 0 Å². The third kappa shape index (κ3) is 4.52. The van der Waals surface area contributed by atoms with Crippen LogP contribution in [0.15, 0.2) is 106 Å². The van der Waals surface area contributed by atoms with Gasteiger partial charge in [-0.05, 0) is 66.2 Å². The summed E-state index contributed by atoms with van der Waals surface area (Å²) >= 11 is 1.60. The maximum Gasteiger partial charge on any atom is 0.251 e. The van der Waals surface area contributed by atoms with Crippen molar-refractivity contribution in [2.24, 2.45) is 4.99 Å². The number of fused-ring (bicyclic) bond motifs is 2. The zero-order valence-electron chi connectivity index (χ0n) is 17.6. The van der Waals surface area contributed by atoms with Gasteiger partial charge in [0.1, 0.15) is 5.82 Å². The van der Waals surface area contributed by atoms with E-state index in [0.717, 1.165) is 32.2 Å². The molecule has 0 bridgehead atoms. The number of nitrogen functional groups attached to an aromatic ring is 1. The van der Waals surface area contributed by atoms with Gasteiger partial charge in [0.15, 0.2) is 0 Å². The molecule has 0 fully saturated rings. The number of benzene rings is 4. The molecule has 0 saturated carbocycles. The lowest BCUT2D eigenvalue weighted by atomic mass is 10.0. The average Bonchev–Trinajstić information content (AvgIpc) is 3.00. The Morgan fingerprint density at radius 1 is 0.909 bits per heavy atom. The van der Waals surface area contributed by atoms with Gasteiger partial charge in [-0.15, -0.1) is 0 Å². The minimum Gasteiger partial charge on any atom is -0.399 e. The zero-order valence-corrected chi connectivity index (χ0v) is 18.4. The molecule has 0 unspecified atom stereocenters. The number of carbonyl (C=O) groups is 1. The van der Waals surface area contributed by atoms with E-state index in [-0.39, 0.29) is 11.7 Å². The largest absolute Gasteiger partial charge is 0.399 e. The highest BCUT2D eigenvalue weighted by atomic mass is 32.2. The SMILES string of the molecule is Nc1ccc(CNC(=O)c2ccc3c(c2)N=C(c2ccc(F)cc2)c2ccccc2S3)cc1. The number of halogens is 1. The van der Waals surface area contributed by atoms with Crippen molar-refractivity contribution in [1.82, 2.24) is 5.32 Å². The maximum absolute atomic E-state index is 13.5. The van der Waals surface area contributed by atoms with Crippen molar-refractivity contribution in [2.75, 3.05) is 5.73 Å². The van der Waals surface area contributed by atoms with Crippen molar-refractivity contribution in [3.8, 4) is 0 Å². The van der Waals surface area contributed by atoms with E-state index in [1.165, 1.54) is 12.1 Å². The molecule has 4 aromatic rings. The molecular formula is C27H20FN3OS. The summed E-state index contributed by atoms with van der Waals surface area (Å²) in [6.45, 7) is 0.403.